The number of hydrogen-bond acceptors (Lipinski definition) is 3. The number of amides is 1. The first-order valence-electron chi connectivity index (χ1n) is 7.59. The van der Waals surface area contributed by atoms with Gasteiger partial charge >= 0.3 is 0 Å². The Balaban J connectivity index is 1.71. The second-order valence-electron chi connectivity index (χ2n) is 5.29. The standard InChI is InChI=1S/C19H15F2NOS2/c20-14-9-7-13(8-10-14)19(17-6-3-11-24-17)22-18(23)12-25-16-5-2-1-4-15(16)21/h1-11,19H,12H2,(H,22,23)/t19-/m0/s1. The summed E-state index contributed by atoms with van der Waals surface area (Å²) in [6.45, 7) is 0. The highest BCUT2D eigenvalue weighted by molar-refractivity contribution is 8.00. The molecule has 0 saturated heterocycles. The van der Waals surface area contributed by atoms with E-state index in [2.05, 4.69) is 5.32 Å². The van der Waals surface area contributed by atoms with Gasteiger partial charge in [0.1, 0.15) is 11.6 Å². The minimum absolute atomic E-state index is 0.101. The summed E-state index contributed by atoms with van der Waals surface area (Å²) in [5, 5.41) is 4.87. The first kappa shape index (κ1) is 17.6. The van der Waals surface area contributed by atoms with E-state index in [1.807, 2.05) is 17.5 Å². The molecule has 2 nitrogen and oxygen atoms in total. The molecule has 128 valence electrons. The predicted molar refractivity (Wildman–Crippen MR) is 97.8 cm³/mol. The van der Waals surface area contributed by atoms with E-state index in [0.29, 0.717) is 4.90 Å². The third-order valence-corrected chi connectivity index (χ3v) is 5.52. The lowest BCUT2D eigenvalue weighted by atomic mass is 10.1. The van der Waals surface area contributed by atoms with Crippen LogP contribution in [0.1, 0.15) is 16.5 Å². The van der Waals surface area contributed by atoms with Crippen LogP contribution in [0, 0.1) is 11.6 Å². The topological polar surface area (TPSA) is 29.1 Å². The molecule has 1 amide bonds. The van der Waals surface area contributed by atoms with Gasteiger partial charge in [-0.3, -0.25) is 4.79 Å². The Labute approximate surface area is 152 Å². The SMILES string of the molecule is O=C(CSc1ccccc1F)N[C@@H](c1ccc(F)cc1)c1cccs1. The Hall–Kier alpha value is -2.18. The van der Waals surface area contributed by atoms with E-state index in [9.17, 15) is 13.6 Å². The second-order valence-corrected chi connectivity index (χ2v) is 7.28. The number of halogens is 2. The highest BCUT2D eigenvalue weighted by atomic mass is 32.2. The van der Waals surface area contributed by atoms with Crippen molar-refractivity contribution in [1.82, 2.24) is 5.32 Å². The van der Waals surface area contributed by atoms with Crippen molar-refractivity contribution in [2.45, 2.75) is 10.9 Å². The molecule has 0 aliphatic heterocycles. The zero-order chi connectivity index (χ0) is 17.6. The average molecular weight is 375 g/mol. The molecule has 0 fully saturated rings. The summed E-state index contributed by atoms with van der Waals surface area (Å²) in [5.74, 6) is -0.774. The molecule has 2 aromatic carbocycles. The smallest absolute Gasteiger partial charge is 0.231 e. The fourth-order valence-electron chi connectivity index (χ4n) is 2.34. The Morgan fingerprint density at radius 2 is 1.80 bits per heavy atom. The van der Waals surface area contributed by atoms with Gasteiger partial charge in [-0.1, -0.05) is 30.3 Å². The molecule has 0 aliphatic rings. The van der Waals surface area contributed by atoms with Gasteiger partial charge in [-0.2, -0.15) is 0 Å². The van der Waals surface area contributed by atoms with Crippen molar-refractivity contribution in [3.8, 4) is 0 Å². The molecule has 1 aromatic heterocycles. The molecule has 0 saturated carbocycles. The van der Waals surface area contributed by atoms with Crippen LogP contribution in [0.3, 0.4) is 0 Å². The lowest BCUT2D eigenvalue weighted by molar-refractivity contribution is -0.119. The van der Waals surface area contributed by atoms with Crippen LogP contribution in [0.2, 0.25) is 0 Å². The van der Waals surface area contributed by atoms with E-state index in [-0.39, 0.29) is 29.3 Å². The lowest BCUT2D eigenvalue weighted by Gasteiger charge is -2.18. The normalized spacial score (nSPS) is 11.9. The molecule has 0 aliphatic carbocycles. The van der Waals surface area contributed by atoms with Crippen molar-refractivity contribution in [2.24, 2.45) is 0 Å². The van der Waals surface area contributed by atoms with Gasteiger partial charge in [0, 0.05) is 9.77 Å². The van der Waals surface area contributed by atoms with E-state index in [1.54, 1.807) is 30.3 Å². The van der Waals surface area contributed by atoms with Crippen LogP contribution in [-0.2, 0) is 4.79 Å². The molecule has 6 heteroatoms. The first-order chi connectivity index (χ1) is 12.1. The van der Waals surface area contributed by atoms with Crippen LogP contribution in [0.5, 0.6) is 0 Å². The van der Waals surface area contributed by atoms with Crippen molar-refractivity contribution in [2.75, 3.05) is 5.75 Å². The van der Waals surface area contributed by atoms with Crippen LogP contribution in [-0.4, -0.2) is 11.7 Å². The third kappa shape index (κ3) is 4.67. The van der Waals surface area contributed by atoms with E-state index in [1.165, 1.54) is 29.5 Å². The van der Waals surface area contributed by atoms with E-state index >= 15 is 0 Å². The molecule has 1 heterocycles. The van der Waals surface area contributed by atoms with Crippen LogP contribution in [0.25, 0.3) is 0 Å². The zero-order valence-corrected chi connectivity index (χ0v) is 14.7. The van der Waals surface area contributed by atoms with Gasteiger partial charge in [-0.25, -0.2) is 8.78 Å². The van der Waals surface area contributed by atoms with Crippen LogP contribution in [0.15, 0.2) is 70.9 Å². The van der Waals surface area contributed by atoms with Gasteiger partial charge in [0.05, 0.1) is 11.8 Å². The maximum atomic E-state index is 13.6. The lowest BCUT2D eigenvalue weighted by Crippen LogP contribution is -2.30. The molecule has 0 bridgehead atoms. The Morgan fingerprint density at radius 3 is 2.48 bits per heavy atom. The molecule has 3 aromatic rings. The largest absolute Gasteiger partial charge is 0.344 e. The highest BCUT2D eigenvalue weighted by Gasteiger charge is 2.18. The summed E-state index contributed by atoms with van der Waals surface area (Å²) in [4.78, 5) is 13.7. The number of thiophene rings is 1. The van der Waals surface area contributed by atoms with Gasteiger partial charge in [0.2, 0.25) is 5.91 Å². The molecular weight excluding hydrogens is 360 g/mol. The Morgan fingerprint density at radius 1 is 1.04 bits per heavy atom. The summed E-state index contributed by atoms with van der Waals surface area (Å²) >= 11 is 2.66. The monoisotopic (exact) mass is 375 g/mol. The average Bonchev–Trinajstić information content (AvgIpc) is 3.14. The number of carbonyl (C=O) groups is 1. The third-order valence-electron chi connectivity index (χ3n) is 3.53. The molecule has 3 rings (SSSR count). The number of carbonyl (C=O) groups excluding carboxylic acids is 1. The van der Waals surface area contributed by atoms with E-state index < -0.39 is 0 Å². The van der Waals surface area contributed by atoms with Crippen molar-refractivity contribution >= 4 is 29.0 Å². The van der Waals surface area contributed by atoms with Gasteiger partial charge < -0.3 is 5.32 Å². The first-order valence-corrected chi connectivity index (χ1v) is 9.45. The van der Waals surface area contributed by atoms with Crippen LogP contribution in [0.4, 0.5) is 8.78 Å². The van der Waals surface area contributed by atoms with Gasteiger partial charge in [-0.15, -0.1) is 23.1 Å². The van der Waals surface area contributed by atoms with Crippen molar-refractivity contribution in [1.29, 1.82) is 0 Å². The summed E-state index contributed by atoms with van der Waals surface area (Å²) in [6.07, 6.45) is 0. The van der Waals surface area contributed by atoms with E-state index in [4.69, 9.17) is 0 Å². The molecule has 1 atom stereocenters. The fraction of sp³-hybridized carbons (Fsp3) is 0.105. The second kappa shape index (κ2) is 8.27. The van der Waals surface area contributed by atoms with Gasteiger partial charge in [-0.05, 0) is 41.3 Å². The Bertz CT molecular complexity index is 835. The molecule has 0 unspecified atom stereocenters. The van der Waals surface area contributed by atoms with Gasteiger partial charge in [0.15, 0.2) is 0 Å². The summed E-state index contributed by atoms with van der Waals surface area (Å²) in [6, 6.07) is 15.9. The summed E-state index contributed by atoms with van der Waals surface area (Å²) < 4.78 is 26.8. The predicted octanol–water partition coefficient (Wildman–Crippen LogP) is 5.02. The summed E-state index contributed by atoms with van der Waals surface area (Å²) in [5.41, 5.74) is 0.799. The van der Waals surface area contributed by atoms with Crippen molar-refractivity contribution < 1.29 is 13.6 Å². The number of thioether (sulfide) groups is 1. The molecule has 0 spiro atoms. The number of benzene rings is 2. The molecule has 25 heavy (non-hydrogen) atoms. The maximum absolute atomic E-state index is 13.6. The van der Waals surface area contributed by atoms with Crippen LogP contribution >= 0.6 is 23.1 Å². The van der Waals surface area contributed by atoms with E-state index in [0.717, 1.165) is 22.2 Å². The number of rotatable bonds is 6. The highest BCUT2D eigenvalue weighted by Crippen LogP contribution is 2.27. The summed E-state index contributed by atoms with van der Waals surface area (Å²) in [7, 11) is 0. The minimum Gasteiger partial charge on any atom is -0.344 e. The zero-order valence-electron chi connectivity index (χ0n) is 13.1. The number of nitrogens with one attached hydrogen (secondary N) is 1. The fourth-order valence-corrected chi connectivity index (χ4v) is 3.89. The molecular formula is C19H15F2NOS2. The number of hydrogen-bond donors (Lipinski definition) is 1. The maximum Gasteiger partial charge on any atom is 0.231 e. The minimum atomic E-state index is -0.352. The van der Waals surface area contributed by atoms with Crippen molar-refractivity contribution in [3.05, 3.63) is 88.1 Å². The van der Waals surface area contributed by atoms with Crippen LogP contribution < -0.4 is 5.32 Å². The molecule has 1 N–H and O–H groups in total. The van der Waals surface area contributed by atoms with Crippen molar-refractivity contribution in [3.63, 3.8) is 0 Å². The molecule has 0 radical (unpaired) electrons. The Kier molecular flexibility index (Phi) is 5.83. The van der Waals surface area contributed by atoms with Gasteiger partial charge in [0.25, 0.3) is 0 Å². The quantitative estimate of drug-likeness (QED) is 0.613.